The minimum absolute atomic E-state index is 0.168. The summed E-state index contributed by atoms with van der Waals surface area (Å²) in [7, 11) is -3.26. The average Bonchev–Trinajstić information content (AvgIpc) is 2.50. The van der Waals surface area contributed by atoms with Crippen molar-refractivity contribution in [2.24, 2.45) is 0 Å². The zero-order chi connectivity index (χ0) is 18.3. The van der Waals surface area contributed by atoms with Gasteiger partial charge in [0.2, 0.25) is 0 Å². The first-order valence-corrected chi connectivity index (χ1v) is 9.97. The number of hydrogen-bond donors (Lipinski definition) is 0. The zero-order valence-electron chi connectivity index (χ0n) is 14.2. The highest BCUT2D eigenvalue weighted by Gasteiger charge is 2.18. The molecule has 0 aliphatic carbocycles. The van der Waals surface area contributed by atoms with E-state index in [0.717, 1.165) is 17.0 Å². The summed E-state index contributed by atoms with van der Waals surface area (Å²) in [5, 5.41) is 0.0819. The Morgan fingerprint density at radius 3 is 1.58 bits per heavy atom. The van der Waals surface area contributed by atoms with Crippen LogP contribution < -0.4 is 0 Å². The van der Waals surface area contributed by atoms with Crippen LogP contribution in [0, 0.1) is 11.6 Å². The lowest BCUT2D eigenvalue weighted by atomic mass is 10.4. The molecule has 0 heterocycles. The Morgan fingerprint density at radius 2 is 1.21 bits per heavy atom. The highest BCUT2D eigenvalue weighted by molar-refractivity contribution is 7.99. The van der Waals surface area contributed by atoms with Crippen molar-refractivity contribution >= 4 is 21.6 Å². The molecule has 2 nitrogen and oxygen atoms in total. The van der Waals surface area contributed by atoms with Crippen LogP contribution in [-0.4, -0.2) is 18.9 Å². The quantitative estimate of drug-likeness (QED) is 0.537. The lowest BCUT2D eigenvalue weighted by Crippen LogP contribution is -2.13. The molecule has 0 saturated heterocycles. The lowest BCUT2D eigenvalue weighted by Gasteiger charge is -2.06. The number of halogens is 2. The minimum Gasteiger partial charge on any atom is -0.223 e. The van der Waals surface area contributed by atoms with E-state index in [1.165, 1.54) is 24.3 Å². The van der Waals surface area contributed by atoms with Gasteiger partial charge < -0.3 is 0 Å². The number of benzene rings is 2. The highest BCUT2D eigenvalue weighted by atomic mass is 32.2. The molecule has 2 rings (SSSR count). The normalized spacial score (nSPS) is 11.3. The second-order valence-electron chi connectivity index (χ2n) is 5.67. The SMILES string of the molecule is CC(C)S(=O)(=O)c1ccc(F)cc1.CC(C)Sc1ccc(F)cc1. The summed E-state index contributed by atoms with van der Waals surface area (Å²) >= 11 is 1.74. The molecule has 0 unspecified atom stereocenters. The third-order valence-corrected chi connectivity index (χ3v) is 6.13. The summed E-state index contributed by atoms with van der Waals surface area (Å²) in [6, 6.07) is 11.5. The third kappa shape index (κ3) is 6.61. The van der Waals surface area contributed by atoms with Gasteiger partial charge in [0, 0.05) is 10.1 Å². The van der Waals surface area contributed by atoms with Gasteiger partial charge in [0.15, 0.2) is 9.84 Å². The Kier molecular flexibility index (Phi) is 7.90. The summed E-state index contributed by atoms with van der Waals surface area (Å²) in [5.41, 5.74) is 0. The minimum atomic E-state index is -3.26. The molecular weight excluding hydrogens is 350 g/mol. The van der Waals surface area contributed by atoms with Crippen molar-refractivity contribution in [1.29, 1.82) is 0 Å². The molecule has 0 saturated carbocycles. The summed E-state index contributed by atoms with van der Waals surface area (Å²) < 4.78 is 47.9. The smallest absolute Gasteiger partial charge is 0.180 e. The third-order valence-electron chi connectivity index (χ3n) is 2.95. The molecular formula is C18H22F2O2S2. The Labute approximate surface area is 147 Å². The summed E-state index contributed by atoms with van der Waals surface area (Å²) in [6.07, 6.45) is 0. The van der Waals surface area contributed by atoms with Gasteiger partial charge in [-0.15, -0.1) is 11.8 Å². The molecule has 0 bridgehead atoms. The number of sulfone groups is 1. The molecule has 0 aliphatic rings. The Balaban J connectivity index is 0.000000243. The maximum absolute atomic E-state index is 12.5. The van der Waals surface area contributed by atoms with Crippen LogP contribution in [0.25, 0.3) is 0 Å². The van der Waals surface area contributed by atoms with E-state index in [0.29, 0.717) is 5.25 Å². The molecule has 0 atom stereocenters. The van der Waals surface area contributed by atoms with Gasteiger partial charge in [0.1, 0.15) is 11.6 Å². The van der Waals surface area contributed by atoms with Crippen molar-refractivity contribution in [3.05, 3.63) is 60.2 Å². The molecule has 132 valence electrons. The second-order valence-corrected chi connectivity index (χ2v) is 9.82. The van der Waals surface area contributed by atoms with Gasteiger partial charge >= 0.3 is 0 Å². The van der Waals surface area contributed by atoms with E-state index in [4.69, 9.17) is 0 Å². The van der Waals surface area contributed by atoms with Crippen molar-refractivity contribution in [3.63, 3.8) is 0 Å². The van der Waals surface area contributed by atoms with E-state index in [2.05, 4.69) is 13.8 Å². The Bertz CT molecular complexity index is 723. The summed E-state index contributed by atoms with van der Waals surface area (Å²) in [6.45, 7) is 7.43. The molecule has 6 heteroatoms. The number of thioether (sulfide) groups is 1. The number of rotatable bonds is 4. The predicted molar refractivity (Wildman–Crippen MR) is 96.1 cm³/mol. The molecule has 0 aliphatic heterocycles. The lowest BCUT2D eigenvalue weighted by molar-refractivity contribution is 0.586. The van der Waals surface area contributed by atoms with Crippen LogP contribution in [0.15, 0.2) is 58.3 Å². The molecule has 2 aromatic rings. The van der Waals surface area contributed by atoms with Crippen LogP contribution in [0.5, 0.6) is 0 Å². The molecule has 24 heavy (non-hydrogen) atoms. The van der Waals surface area contributed by atoms with E-state index in [1.54, 1.807) is 37.7 Å². The van der Waals surface area contributed by atoms with Crippen molar-refractivity contribution in [2.45, 2.75) is 48.0 Å². The standard InChI is InChI=1S/C9H11FO2S.C9H11FS/c1-7(2)13(11,12)9-5-3-8(10)4-6-9;1-7(2)11-9-5-3-8(10)4-6-9/h3-7H,1-2H3;3-7H,1-2H3. The van der Waals surface area contributed by atoms with E-state index >= 15 is 0 Å². The van der Waals surface area contributed by atoms with Gasteiger partial charge in [-0.25, -0.2) is 17.2 Å². The van der Waals surface area contributed by atoms with Gasteiger partial charge in [0.05, 0.1) is 10.1 Å². The van der Waals surface area contributed by atoms with E-state index in [-0.39, 0.29) is 10.7 Å². The monoisotopic (exact) mass is 372 g/mol. The van der Waals surface area contributed by atoms with Crippen molar-refractivity contribution < 1.29 is 17.2 Å². The Morgan fingerprint density at radius 1 is 0.792 bits per heavy atom. The molecule has 0 radical (unpaired) electrons. The van der Waals surface area contributed by atoms with Gasteiger partial charge in [0.25, 0.3) is 0 Å². The molecule has 0 N–H and O–H groups in total. The fraction of sp³-hybridized carbons (Fsp3) is 0.333. The first-order valence-electron chi connectivity index (χ1n) is 7.54. The van der Waals surface area contributed by atoms with Gasteiger partial charge in [-0.2, -0.15) is 0 Å². The predicted octanol–water partition coefficient (Wildman–Crippen LogP) is 5.33. The van der Waals surface area contributed by atoms with E-state index < -0.39 is 20.9 Å². The van der Waals surface area contributed by atoms with Crippen LogP contribution in [0.3, 0.4) is 0 Å². The molecule has 0 amide bonds. The fourth-order valence-electron chi connectivity index (χ4n) is 1.68. The van der Waals surface area contributed by atoms with E-state index in [1.807, 2.05) is 0 Å². The van der Waals surface area contributed by atoms with E-state index in [9.17, 15) is 17.2 Å². The summed E-state index contributed by atoms with van der Waals surface area (Å²) in [5.74, 6) is -0.596. The van der Waals surface area contributed by atoms with Crippen molar-refractivity contribution in [2.75, 3.05) is 0 Å². The van der Waals surface area contributed by atoms with Crippen molar-refractivity contribution in [1.82, 2.24) is 0 Å². The van der Waals surface area contributed by atoms with Crippen LogP contribution >= 0.6 is 11.8 Å². The van der Waals surface area contributed by atoms with Gasteiger partial charge in [-0.05, 0) is 62.4 Å². The van der Waals surface area contributed by atoms with Crippen LogP contribution in [0.2, 0.25) is 0 Å². The highest BCUT2D eigenvalue weighted by Crippen LogP contribution is 2.22. The zero-order valence-corrected chi connectivity index (χ0v) is 15.8. The number of hydrogen-bond acceptors (Lipinski definition) is 3. The fourth-order valence-corrected chi connectivity index (χ4v) is 3.58. The molecule has 0 aromatic heterocycles. The van der Waals surface area contributed by atoms with Crippen LogP contribution in [-0.2, 0) is 9.84 Å². The molecule has 0 fully saturated rings. The first-order chi connectivity index (χ1) is 11.1. The summed E-state index contributed by atoms with van der Waals surface area (Å²) in [4.78, 5) is 1.30. The maximum atomic E-state index is 12.5. The topological polar surface area (TPSA) is 34.1 Å². The maximum Gasteiger partial charge on any atom is 0.180 e. The Hall–Kier alpha value is -1.40. The van der Waals surface area contributed by atoms with Crippen molar-refractivity contribution in [3.8, 4) is 0 Å². The van der Waals surface area contributed by atoms with Crippen LogP contribution in [0.1, 0.15) is 27.7 Å². The largest absolute Gasteiger partial charge is 0.223 e. The molecule has 0 spiro atoms. The first kappa shape index (κ1) is 20.6. The van der Waals surface area contributed by atoms with Gasteiger partial charge in [-0.1, -0.05) is 13.8 Å². The van der Waals surface area contributed by atoms with Gasteiger partial charge in [-0.3, -0.25) is 0 Å². The average molecular weight is 373 g/mol. The second kappa shape index (κ2) is 9.18. The van der Waals surface area contributed by atoms with Crippen LogP contribution in [0.4, 0.5) is 8.78 Å². The molecule has 2 aromatic carbocycles.